The van der Waals surface area contributed by atoms with Gasteiger partial charge in [-0.1, -0.05) is 19.9 Å². The first-order valence-electron chi connectivity index (χ1n) is 11.7. The van der Waals surface area contributed by atoms with E-state index in [0.717, 1.165) is 60.2 Å². The first-order chi connectivity index (χ1) is 16.8. The molecule has 2 aromatic carbocycles. The van der Waals surface area contributed by atoms with Crippen molar-refractivity contribution in [1.29, 1.82) is 0 Å². The molecule has 35 heavy (non-hydrogen) atoms. The minimum Gasteiger partial charge on any atom is -0.341 e. The van der Waals surface area contributed by atoms with Crippen molar-refractivity contribution < 1.29 is 8.42 Å². The van der Waals surface area contributed by atoms with E-state index in [0.29, 0.717) is 17.5 Å². The molecule has 2 aromatic heterocycles. The van der Waals surface area contributed by atoms with Crippen molar-refractivity contribution in [1.82, 2.24) is 19.5 Å². The largest absolute Gasteiger partial charge is 0.341 e. The molecule has 0 saturated carbocycles. The third-order valence-corrected chi connectivity index (χ3v) is 6.07. The average molecular weight is 494 g/mol. The van der Waals surface area contributed by atoms with Crippen molar-refractivity contribution in [2.45, 2.75) is 26.7 Å². The minimum absolute atomic E-state index is 0.503. The van der Waals surface area contributed by atoms with Crippen LogP contribution in [0.2, 0.25) is 0 Å². The maximum Gasteiger partial charge on any atom is 0.229 e. The van der Waals surface area contributed by atoms with Crippen molar-refractivity contribution in [3.63, 3.8) is 0 Å². The van der Waals surface area contributed by atoms with Gasteiger partial charge in [0.15, 0.2) is 0 Å². The standard InChI is InChI=1S/C25H31N7O2S/c1-5-13-32(14-6-2)25-28-22(18-7-12-21-23(15-18)31(3)17-26-21)16-24(29-25)27-19-8-10-20(11-9-19)30-35(4,33)34/h7-12,15-17,30H,5-6,13-14H2,1-4H3,(H,27,28,29). The Morgan fingerprint density at radius 1 is 0.943 bits per heavy atom. The Labute approximate surface area is 206 Å². The van der Waals surface area contributed by atoms with E-state index >= 15 is 0 Å². The van der Waals surface area contributed by atoms with E-state index in [2.05, 4.69) is 39.8 Å². The summed E-state index contributed by atoms with van der Waals surface area (Å²) in [7, 11) is -1.35. The molecule has 0 aliphatic carbocycles. The van der Waals surface area contributed by atoms with Gasteiger partial charge in [-0.2, -0.15) is 4.98 Å². The van der Waals surface area contributed by atoms with Gasteiger partial charge in [0.05, 0.1) is 29.3 Å². The lowest BCUT2D eigenvalue weighted by Gasteiger charge is -2.23. The van der Waals surface area contributed by atoms with Crippen molar-refractivity contribution in [2.24, 2.45) is 7.05 Å². The van der Waals surface area contributed by atoms with Crippen LogP contribution in [0, 0.1) is 0 Å². The molecular formula is C25H31N7O2S. The van der Waals surface area contributed by atoms with Gasteiger partial charge < -0.3 is 14.8 Å². The minimum atomic E-state index is -3.33. The molecule has 9 nitrogen and oxygen atoms in total. The molecule has 0 aliphatic heterocycles. The highest BCUT2D eigenvalue weighted by atomic mass is 32.2. The maximum absolute atomic E-state index is 11.5. The molecule has 0 aliphatic rings. The molecule has 0 saturated heterocycles. The lowest BCUT2D eigenvalue weighted by molar-refractivity contribution is 0.607. The van der Waals surface area contributed by atoms with Crippen LogP contribution in [0.3, 0.4) is 0 Å². The van der Waals surface area contributed by atoms with Gasteiger partial charge in [-0.05, 0) is 49.2 Å². The number of hydrogen-bond acceptors (Lipinski definition) is 7. The van der Waals surface area contributed by atoms with E-state index in [4.69, 9.17) is 9.97 Å². The van der Waals surface area contributed by atoms with Gasteiger partial charge in [0.2, 0.25) is 16.0 Å². The Bertz CT molecular complexity index is 1410. The number of sulfonamides is 1. The van der Waals surface area contributed by atoms with E-state index in [1.807, 2.05) is 41.9 Å². The quantitative estimate of drug-likeness (QED) is 0.328. The van der Waals surface area contributed by atoms with Gasteiger partial charge >= 0.3 is 0 Å². The lowest BCUT2D eigenvalue weighted by Crippen LogP contribution is -2.27. The second kappa shape index (κ2) is 10.3. The van der Waals surface area contributed by atoms with E-state index in [9.17, 15) is 8.42 Å². The first kappa shape index (κ1) is 24.5. The van der Waals surface area contributed by atoms with Crippen molar-refractivity contribution in [3.8, 4) is 11.3 Å². The van der Waals surface area contributed by atoms with Gasteiger partial charge in [-0.15, -0.1) is 0 Å². The Kier molecular flexibility index (Phi) is 7.20. The molecule has 2 heterocycles. The summed E-state index contributed by atoms with van der Waals surface area (Å²) in [4.78, 5) is 16.4. The predicted octanol–water partition coefficient (Wildman–Crippen LogP) is 4.77. The normalized spacial score (nSPS) is 11.5. The number of aromatic nitrogens is 4. The highest BCUT2D eigenvalue weighted by molar-refractivity contribution is 7.92. The molecule has 0 atom stereocenters. The summed E-state index contributed by atoms with van der Waals surface area (Å²) in [5.74, 6) is 1.34. The summed E-state index contributed by atoms with van der Waals surface area (Å²) in [5.41, 5.74) is 5.06. The van der Waals surface area contributed by atoms with Crippen LogP contribution in [0.25, 0.3) is 22.3 Å². The molecule has 0 amide bonds. The van der Waals surface area contributed by atoms with Crippen LogP contribution in [0.15, 0.2) is 54.9 Å². The molecular weight excluding hydrogens is 462 g/mol. The molecule has 4 aromatic rings. The van der Waals surface area contributed by atoms with Crippen LogP contribution < -0.4 is 14.9 Å². The molecule has 0 unspecified atom stereocenters. The summed E-state index contributed by atoms with van der Waals surface area (Å²) in [6.45, 7) is 6.02. The van der Waals surface area contributed by atoms with E-state index in [1.54, 1.807) is 18.5 Å². The third-order valence-electron chi connectivity index (χ3n) is 5.47. The average Bonchev–Trinajstić information content (AvgIpc) is 3.19. The highest BCUT2D eigenvalue weighted by Gasteiger charge is 2.14. The molecule has 0 bridgehead atoms. The van der Waals surface area contributed by atoms with Crippen molar-refractivity contribution >= 4 is 44.2 Å². The van der Waals surface area contributed by atoms with Crippen LogP contribution in [0.1, 0.15) is 26.7 Å². The Morgan fingerprint density at radius 2 is 1.63 bits per heavy atom. The molecule has 184 valence electrons. The molecule has 4 rings (SSSR count). The fraction of sp³-hybridized carbons (Fsp3) is 0.320. The smallest absolute Gasteiger partial charge is 0.229 e. The topological polar surface area (TPSA) is 105 Å². The Balaban J connectivity index is 1.72. The maximum atomic E-state index is 11.5. The predicted molar refractivity (Wildman–Crippen MR) is 143 cm³/mol. The summed E-state index contributed by atoms with van der Waals surface area (Å²) in [6.07, 6.45) is 4.92. The fourth-order valence-corrected chi connectivity index (χ4v) is 4.47. The number of nitrogens with one attached hydrogen (secondary N) is 2. The molecule has 0 radical (unpaired) electrons. The van der Waals surface area contributed by atoms with Crippen LogP contribution in [-0.4, -0.2) is 47.3 Å². The van der Waals surface area contributed by atoms with Gasteiger partial charge in [0.25, 0.3) is 0 Å². The molecule has 10 heteroatoms. The number of hydrogen-bond donors (Lipinski definition) is 2. The zero-order chi connectivity index (χ0) is 25.0. The van der Waals surface area contributed by atoms with Gasteiger partial charge in [-0.3, -0.25) is 4.72 Å². The van der Waals surface area contributed by atoms with E-state index in [-0.39, 0.29) is 0 Å². The van der Waals surface area contributed by atoms with Gasteiger partial charge in [-0.25, -0.2) is 18.4 Å². The number of fused-ring (bicyclic) bond motifs is 1. The summed E-state index contributed by atoms with van der Waals surface area (Å²) >= 11 is 0. The number of rotatable bonds is 10. The Hall–Kier alpha value is -3.66. The monoisotopic (exact) mass is 493 g/mol. The van der Waals surface area contributed by atoms with Crippen LogP contribution >= 0.6 is 0 Å². The first-order valence-corrected chi connectivity index (χ1v) is 13.5. The fourth-order valence-electron chi connectivity index (χ4n) is 3.91. The van der Waals surface area contributed by atoms with Crippen LogP contribution in [0.4, 0.5) is 23.1 Å². The molecule has 2 N–H and O–H groups in total. The highest BCUT2D eigenvalue weighted by Crippen LogP contribution is 2.28. The summed E-state index contributed by atoms with van der Waals surface area (Å²) in [6, 6.07) is 15.1. The Morgan fingerprint density at radius 3 is 2.29 bits per heavy atom. The van der Waals surface area contributed by atoms with Gasteiger partial charge in [0, 0.05) is 43.1 Å². The zero-order valence-electron chi connectivity index (χ0n) is 20.5. The molecule has 0 fully saturated rings. The zero-order valence-corrected chi connectivity index (χ0v) is 21.3. The number of aryl methyl sites for hydroxylation is 1. The number of nitrogens with zero attached hydrogens (tertiary/aromatic N) is 5. The molecule has 0 spiro atoms. The summed E-state index contributed by atoms with van der Waals surface area (Å²) in [5, 5.41) is 3.35. The van der Waals surface area contributed by atoms with Crippen molar-refractivity contribution in [2.75, 3.05) is 34.3 Å². The second-order valence-corrected chi connectivity index (χ2v) is 10.3. The van der Waals surface area contributed by atoms with E-state index < -0.39 is 10.0 Å². The van der Waals surface area contributed by atoms with Crippen LogP contribution in [0.5, 0.6) is 0 Å². The number of anilines is 4. The number of imidazole rings is 1. The lowest BCUT2D eigenvalue weighted by atomic mass is 10.1. The second-order valence-electron chi connectivity index (χ2n) is 8.56. The SMILES string of the molecule is CCCN(CCC)c1nc(Nc2ccc(NS(C)(=O)=O)cc2)cc(-c2ccc3ncn(C)c3c2)n1. The van der Waals surface area contributed by atoms with Crippen molar-refractivity contribution in [3.05, 3.63) is 54.9 Å². The summed E-state index contributed by atoms with van der Waals surface area (Å²) < 4.78 is 27.4. The van der Waals surface area contributed by atoms with Crippen LogP contribution in [-0.2, 0) is 17.1 Å². The van der Waals surface area contributed by atoms with E-state index in [1.165, 1.54) is 0 Å². The number of benzene rings is 2. The van der Waals surface area contributed by atoms with Gasteiger partial charge in [0.1, 0.15) is 5.82 Å². The third kappa shape index (κ3) is 6.07.